The maximum absolute atomic E-state index is 9.43. The van der Waals surface area contributed by atoms with Crippen molar-refractivity contribution < 1.29 is 15.4 Å². The Balaban J connectivity index is 0. The molecule has 0 spiro atoms. The van der Waals surface area contributed by atoms with Gasteiger partial charge in [-0.1, -0.05) is 53.0 Å². The first kappa shape index (κ1) is 16.0. The van der Waals surface area contributed by atoms with Crippen LogP contribution in [0.4, 0.5) is 0 Å². The van der Waals surface area contributed by atoms with Crippen molar-refractivity contribution in [1.29, 1.82) is 0 Å². The van der Waals surface area contributed by atoms with Crippen LogP contribution in [0.5, 0.6) is 5.75 Å². The number of hydrogen-bond donors (Lipinski definition) is 1. The van der Waals surface area contributed by atoms with E-state index >= 15 is 0 Å². The average Bonchev–Trinajstić information content (AvgIpc) is 2.06. The predicted octanol–water partition coefficient (Wildman–Crippen LogP) is 2.12. The number of para-hydroxylation sites is 1. The summed E-state index contributed by atoms with van der Waals surface area (Å²) < 4.78 is -1.72. The minimum Gasteiger partial charge on any atom is -0.508 e. The van der Waals surface area contributed by atoms with Gasteiger partial charge in [-0.3, -0.25) is 4.79 Å². The van der Waals surface area contributed by atoms with E-state index in [0.717, 1.165) is 0 Å². The molecule has 0 aliphatic heterocycles. The third kappa shape index (κ3) is 11.5. The number of benzene rings is 1. The van der Waals surface area contributed by atoms with Crippen LogP contribution in [-0.2, 0) is 4.79 Å². The molecule has 0 aliphatic rings. The first-order chi connectivity index (χ1) is 5.95. The molecule has 0 aromatic heterocycles. The normalized spacial score (nSPS) is 9.07. The van der Waals surface area contributed by atoms with Crippen LogP contribution in [0.1, 0.15) is 0 Å². The van der Waals surface area contributed by atoms with Gasteiger partial charge < -0.3 is 10.6 Å². The van der Waals surface area contributed by atoms with Crippen molar-refractivity contribution in [1.82, 2.24) is 0 Å². The van der Waals surface area contributed by atoms with Crippen LogP contribution < -0.4 is 0 Å². The third-order valence-corrected chi connectivity index (χ3v) is 1.16. The summed E-state index contributed by atoms with van der Waals surface area (Å²) in [4.78, 5) is 9.43. The van der Waals surface area contributed by atoms with E-state index in [9.17, 15) is 4.79 Å². The van der Waals surface area contributed by atoms with Crippen molar-refractivity contribution in [3.63, 3.8) is 0 Å². The van der Waals surface area contributed by atoms with Gasteiger partial charge >= 0.3 is 0 Å². The number of alkyl halides is 3. The molecule has 0 amide bonds. The quantitative estimate of drug-likeness (QED) is 0.573. The van der Waals surface area contributed by atoms with Crippen LogP contribution in [0.3, 0.4) is 0 Å². The Hall–Kier alpha value is -0.480. The molecule has 0 heterocycles. The van der Waals surface area contributed by atoms with Gasteiger partial charge in [0.05, 0.1) is 0 Å². The Morgan fingerprint density at radius 3 is 1.64 bits per heavy atom. The van der Waals surface area contributed by atoms with Crippen molar-refractivity contribution in [2.24, 2.45) is 0 Å². The van der Waals surface area contributed by atoms with Crippen LogP contribution in [0.15, 0.2) is 30.3 Å². The van der Waals surface area contributed by atoms with Crippen LogP contribution in [0.2, 0.25) is 0 Å². The average molecular weight is 260 g/mol. The number of hydrogen-bond acceptors (Lipinski definition) is 2. The molecular formula is C8H9Cl3O3. The zero-order chi connectivity index (χ0) is 10.3. The number of carbonyl (C=O) groups excluding carboxylic acids is 1. The van der Waals surface area contributed by atoms with Gasteiger partial charge in [-0.15, -0.1) is 0 Å². The molecule has 1 aromatic rings. The Morgan fingerprint density at radius 2 is 1.50 bits per heavy atom. The second kappa shape index (κ2) is 7.88. The summed E-state index contributed by atoms with van der Waals surface area (Å²) in [6.07, 6.45) is 0.234. The van der Waals surface area contributed by atoms with Gasteiger partial charge in [0, 0.05) is 0 Å². The lowest BCUT2D eigenvalue weighted by molar-refractivity contribution is -0.107. The second-order valence-electron chi connectivity index (χ2n) is 2.00. The van der Waals surface area contributed by atoms with Crippen LogP contribution in [0, 0.1) is 0 Å². The summed E-state index contributed by atoms with van der Waals surface area (Å²) >= 11 is 14.6. The topological polar surface area (TPSA) is 68.8 Å². The number of aromatic hydroxyl groups is 1. The van der Waals surface area contributed by atoms with E-state index in [1.54, 1.807) is 24.3 Å². The van der Waals surface area contributed by atoms with E-state index in [0.29, 0.717) is 5.75 Å². The summed E-state index contributed by atoms with van der Waals surface area (Å²) in [5, 5.41) is 8.63. The van der Waals surface area contributed by atoms with Crippen molar-refractivity contribution >= 4 is 41.1 Å². The predicted molar refractivity (Wildman–Crippen MR) is 58.1 cm³/mol. The number of phenolic OH excluding ortho intramolecular Hbond substituents is 1. The zero-order valence-electron chi connectivity index (χ0n) is 6.95. The minimum atomic E-state index is -1.72. The minimum absolute atomic E-state index is 0. The zero-order valence-corrected chi connectivity index (χ0v) is 9.22. The first-order valence-electron chi connectivity index (χ1n) is 3.23. The molecule has 14 heavy (non-hydrogen) atoms. The van der Waals surface area contributed by atoms with Crippen molar-refractivity contribution in [2.45, 2.75) is 3.79 Å². The molecule has 6 heteroatoms. The third-order valence-electron chi connectivity index (χ3n) is 0.890. The van der Waals surface area contributed by atoms with Crippen LogP contribution in [0.25, 0.3) is 0 Å². The maximum atomic E-state index is 9.43. The molecule has 0 fully saturated rings. The largest absolute Gasteiger partial charge is 0.508 e. The highest BCUT2D eigenvalue weighted by atomic mass is 35.6. The van der Waals surface area contributed by atoms with Gasteiger partial charge in [-0.2, -0.15) is 0 Å². The highest BCUT2D eigenvalue weighted by molar-refractivity contribution is 6.74. The fourth-order valence-corrected chi connectivity index (χ4v) is 0.428. The summed E-state index contributed by atoms with van der Waals surface area (Å²) in [6, 6.07) is 8.71. The Bertz CT molecular complexity index is 246. The summed E-state index contributed by atoms with van der Waals surface area (Å²) in [6.45, 7) is 0. The molecule has 3 nitrogen and oxygen atoms in total. The Kier molecular flexibility index (Phi) is 8.99. The molecular weight excluding hydrogens is 250 g/mol. The molecule has 80 valence electrons. The monoisotopic (exact) mass is 258 g/mol. The number of carbonyl (C=O) groups is 1. The molecule has 1 aromatic carbocycles. The van der Waals surface area contributed by atoms with E-state index in [-0.39, 0.29) is 11.8 Å². The maximum Gasteiger partial charge on any atom is 0.245 e. The molecule has 0 unspecified atom stereocenters. The number of halogens is 3. The van der Waals surface area contributed by atoms with Gasteiger partial charge in [-0.05, 0) is 12.1 Å². The lowest BCUT2D eigenvalue weighted by Crippen LogP contribution is -2.00. The lowest BCUT2D eigenvalue weighted by atomic mass is 10.3. The molecule has 0 saturated carbocycles. The molecule has 1 rings (SSSR count). The van der Waals surface area contributed by atoms with Gasteiger partial charge in [0.2, 0.25) is 3.79 Å². The number of aldehydes is 1. The van der Waals surface area contributed by atoms with Crippen molar-refractivity contribution in [3.05, 3.63) is 30.3 Å². The molecule has 0 bridgehead atoms. The summed E-state index contributed by atoms with van der Waals surface area (Å²) in [5.74, 6) is 0.322. The molecule has 0 radical (unpaired) electrons. The van der Waals surface area contributed by atoms with Crippen molar-refractivity contribution in [2.75, 3.05) is 0 Å². The van der Waals surface area contributed by atoms with Crippen molar-refractivity contribution in [3.8, 4) is 5.75 Å². The fraction of sp³-hybridized carbons (Fsp3) is 0.125. The standard InChI is InChI=1S/C6H6O.C2HCl3O.H2O/c7-6-4-2-1-3-5-6;3-2(4,5)1-6;/h1-5,7H;1H;1H2. The molecule has 0 atom stereocenters. The van der Waals surface area contributed by atoms with Gasteiger partial charge in [-0.25, -0.2) is 0 Å². The highest BCUT2D eigenvalue weighted by Crippen LogP contribution is 2.21. The first-order valence-corrected chi connectivity index (χ1v) is 4.36. The van der Waals surface area contributed by atoms with Gasteiger partial charge in [0.25, 0.3) is 0 Å². The Labute approximate surface area is 96.5 Å². The lowest BCUT2D eigenvalue weighted by Gasteiger charge is -1.93. The SMILES string of the molecule is O.O=CC(Cl)(Cl)Cl.Oc1ccccc1. The fourth-order valence-electron chi connectivity index (χ4n) is 0.428. The second-order valence-corrected chi connectivity index (χ2v) is 4.36. The Morgan fingerprint density at radius 1 is 1.14 bits per heavy atom. The van der Waals surface area contributed by atoms with Gasteiger partial charge in [0.1, 0.15) is 5.75 Å². The summed E-state index contributed by atoms with van der Waals surface area (Å²) in [7, 11) is 0. The smallest absolute Gasteiger partial charge is 0.245 e. The van der Waals surface area contributed by atoms with Gasteiger partial charge in [0.15, 0.2) is 6.29 Å². The van der Waals surface area contributed by atoms with E-state index in [1.165, 1.54) is 0 Å². The van der Waals surface area contributed by atoms with E-state index in [2.05, 4.69) is 0 Å². The summed E-state index contributed by atoms with van der Waals surface area (Å²) in [5.41, 5.74) is 0. The van der Waals surface area contributed by atoms with E-state index in [4.69, 9.17) is 39.9 Å². The number of phenols is 1. The number of rotatable bonds is 0. The molecule has 0 saturated heterocycles. The van der Waals surface area contributed by atoms with Crippen LogP contribution >= 0.6 is 34.8 Å². The van der Waals surface area contributed by atoms with E-state index < -0.39 is 3.79 Å². The highest BCUT2D eigenvalue weighted by Gasteiger charge is 2.16. The molecule has 0 aliphatic carbocycles. The van der Waals surface area contributed by atoms with E-state index in [1.807, 2.05) is 6.07 Å². The molecule has 3 N–H and O–H groups in total. The van der Waals surface area contributed by atoms with Crippen LogP contribution in [-0.4, -0.2) is 20.7 Å².